The molecule has 26 heavy (non-hydrogen) atoms. The fraction of sp³-hybridized carbons (Fsp3) is 0.188. The average molecular weight is 377 g/mol. The summed E-state index contributed by atoms with van der Waals surface area (Å²) in [5, 5.41) is 16.9. The molecule has 7 nitrogen and oxygen atoms in total. The number of nitrogens with zero attached hydrogens (tertiary/aromatic N) is 5. The zero-order chi connectivity index (χ0) is 18.9. The molecular formula is C16H13F2N5O2S. The number of pyridine rings is 1. The van der Waals surface area contributed by atoms with Gasteiger partial charge in [-0.2, -0.15) is 5.26 Å². The number of aryl methyl sites for hydroxylation is 1. The largest absolute Gasteiger partial charge is 0.285 e. The van der Waals surface area contributed by atoms with Gasteiger partial charge in [0, 0.05) is 18.7 Å². The molecule has 0 N–H and O–H groups in total. The number of fused-ring (bicyclic) bond motifs is 1. The minimum Gasteiger partial charge on any atom is -0.285 e. The summed E-state index contributed by atoms with van der Waals surface area (Å²) in [6.45, 7) is 1.27. The van der Waals surface area contributed by atoms with Gasteiger partial charge in [-0.25, -0.2) is 17.2 Å². The van der Waals surface area contributed by atoms with Crippen LogP contribution in [0.1, 0.15) is 12.7 Å². The van der Waals surface area contributed by atoms with Gasteiger partial charge in [0.25, 0.3) is 10.0 Å². The van der Waals surface area contributed by atoms with Crippen molar-refractivity contribution in [3.8, 4) is 6.07 Å². The second-order valence-corrected chi connectivity index (χ2v) is 7.13. The molecule has 0 saturated heterocycles. The molecule has 10 heteroatoms. The number of aromatic nitrogens is 3. The Hall–Kier alpha value is -3.06. The van der Waals surface area contributed by atoms with E-state index in [1.807, 2.05) is 6.92 Å². The van der Waals surface area contributed by atoms with Crippen molar-refractivity contribution in [1.82, 2.24) is 14.6 Å². The SMILES string of the molecule is CCc1nnc2c(S(=O)(=O)N(CC#N)c3ccc(F)c(F)c3)cccn12. The van der Waals surface area contributed by atoms with Crippen molar-refractivity contribution in [2.75, 3.05) is 10.8 Å². The molecule has 0 radical (unpaired) electrons. The third kappa shape index (κ3) is 2.86. The summed E-state index contributed by atoms with van der Waals surface area (Å²) < 4.78 is 55.2. The zero-order valence-corrected chi connectivity index (χ0v) is 14.4. The predicted octanol–water partition coefficient (Wildman–Crippen LogP) is 2.29. The first-order valence-electron chi connectivity index (χ1n) is 7.57. The van der Waals surface area contributed by atoms with E-state index in [0.29, 0.717) is 16.6 Å². The normalized spacial score (nSPS) is 11.5. The van der Waals surface area contributed by atoms with Crippen LogP contribution in [0, 0.1) is 23.0 Å². The number of halogens is 2. The maximum atomic E-state index is 13.6. The lowest BCUT2D eigenvalue weighted by Gasteiger charge is -2.22. The summed E-state index contributed by atoms with van der Waals surface area (Å²) in [7, 11) is -4.27. The van der Waals surface area contributed by atoms with Crippen molar-refractivity contribution < 1.29 is 17.2 Å². The number of rotatable bonds is 5. The molecule has 3 rings (SSSR count). The second-order valence-electron chi connectivity index (χ2n) is 5.30. The maximum Gasteiger partial charge on any atom is 0.269 e. The first-order valence-corrected chi connectivity index (χ1v) is 9.01. The summed E-state index contributed by atoms with van der Waals surface area (Å²) in [6, 6.07) is 7.19. The molecule has 0 saturated carbocycles. The van der Waals surface area contributed by atoms with Gasteiger partial charge < -0.3 is 0 Å². The van der Waals surface area contributed by atoms with E-state index >= 15 is 0 Å². The molecule has 0 aliphatic rings. The van der Waals surface area contributed by atoms with Crippen LogP contribution >= 0.6 is 0 Å². The fourth-order valence-corrected chi connectivity index (χ4v) is 4.00. The van der Waals surface area contributed by atoms with E-state index in [9.17, 15) is 17.2 Å². The van der Waals surface area contributed by atoms with Gasteiger partial charge in [0.1, 0.15) is 17.3 Å². The van der Waals surface area contributed by atoms with Crippen LogP contribution in [0.25, 0.3) is 5.65 Å². The summed E-state index contributed by atoms with van der Waals surface area (Å²) in [6.07, 6.45) is 2.16. The van der Waals surface area contributed by atoms with Gasteiger partial charge in [-0.15, -0.1) is 10.2 Å². The van der Waals surface area contributed by atoms with Gasteiger partial charge in [0.2, 0.25) is 0 Å². The van der Waals surface area contributed by atoms with E-state index < -0.39 is 28.2 Å². The number of benzene rings is 1. The zero-order valence-electron chi connectivity index (χ0n) is 13.6. The Balaban J connectivity index is 2.19. The lowest BCUT2D eigenvalue weighted by molar-refractivity contribution is 0.508. The Kier molecular flexibility index (Phi) is 4.56. The van der Waals surface area contributed by atoms with Crippen molar-refractivity contribution in [2.45, 2.75) is 18.2 Å². The maximum absolute atomic E-state index is 13.6. The molecule has 2 aromatic heterocycles. The molecule has 0 spiro atoms. The summed E-state index contributed by atoms with van der Waals surface area (Å²) in [5.74, 6) is -1.76. The molecule has 1 aromatic carbocycles. The van der Waals surface area contributed by atoms with Gasteiger partial charge in [0.05, 0.1) is 11.8 Å². The third-order valence-corrected chi connectivity index (χ3v) is 5.55. The molecule has 0 amide bonds. The monoisotopic (exact) mass is 377 g/mol. The van der Waals surface area contributed by atoms with Crippen LogP contribution in [0.15, 0.2) is 41.4 Å². The molecule has 0 aliphatic carbocycles. The van der Waals surface area contributed by atoms with E-state index in [2.05, 4.69) is 10.2 Å². The van der Waals surface area contributed by atoms with Gasteiger partial charge in [-0.1, -0.05) is 6.92 Å². The van der Waals surface area contributed by atoms with E-state index in [1.165, 1.54) is 16.5 Å². The molecular weight excluding hydrogens is 364 g/mol. The highest BCUT2D eigenvalue weighted by Gasteiger charge is 2.29. The molecule has 2 heterocycles. The van der Waals surface area contributed by atoms with Crippen LogP contribution in [-0.4, -0.2) is 29.6 Å². The highest BCUT2D eigenvalue weighted by molar-refractivity contribution is 7.93. The fourth-order valence-electron chi connectivity index (χ4n) is 2.52. The highest BCUT2D eigenvalue weighted by Crippen LogP contribution is 2.27. The van der Waals surface area contributed by atoms with Gasteiger partial charge in [0.15, 0.2) is 17.3 Å². The first kappa shape index (κ1) is 17.8. The van der Waals surface area contributed by atoms with Crippen molar-refractivity contribution >= 4 is 21.4 Å². The van der Waals surface area contributed by atoms with Crippen LogP contribution in [0.3, 0.4) is 0 Å². The van der Waals surface area contributed by atoms with Gasteiger partial charge >= 0.3 is 0 Å². The predicted molar refractivity (Wildman–Crippen MR) is 88.9 cm³/mol. The summed E-state index contributed by atoms with van der Waals surface area (Å²) in [5.41, 5.74) is -0.0717. The van der Waals surface area contributed by atoms with Crippen LogP contribution in [-0.2, 0) is 16.4 Å². The van der Waals surface area contributed by atoms with E-state index in [0.717, 1.165) is 18.2 Å². The van der Waals surface area contributed by atoms with E-state index in [-0.39, 0.29) is 16.2 Å². The Morgan fingerprint density at radius 1 is 1.23 bits per heavy atom. The van der Waals surface area contributed by atoms with Crippen LogP contribution in [0.5, 0.6) is 0 Å². The standard InChI is InChI=1S/C16H13F2N5O2S/c1-2-15-20-21-16-14(4-3-8-22(15)16)26(24,25)23(9-7-19)11-5-6-12(17)13(18)10-11/h3-6,8,10H,2,9H2,1H3. The minimum absolute atomic E-state index is 0.0925. The third-order valence-electron chi connectivity index (χ3n) is 3.76. The molecule has 134 valence electrons. The highest BCUT2D eigenvalue weighted by atomic mass is 32.2. The molecule has 0 unspecified atom stereocenters. The van der Waals surface area contributed by atoms with Crippen molar-refractivity contribution in [3.63, 3.8) is 0 Å². The molecule has 0 fully saturated rings. The lowest BCUT2D eigenvalue weighted by atomic mass is 10.3. The summed E-state index contributed by atoms with van der Waals surface area (Å²) in [4.78, 5) is -0.188. The molecule has 3 aromatic rings. The second kappa shape index (κ2) is 6.68. The number of hydrogen-bond acceptors (Lipinski definition) is 5. The molecule has 0 bridgehead atoms. The van der Waals surface area contributed by atoms with Crippen molar-refractivity contribution in [1.29, 1.82) is 5.26 Å². The van der Waals surface area contributed by atoms with E-state index in [4.69, 9.17) is 5.26 Å². The minimum atomic E-state index is -4.27. The van der Waals surface area contributed by atoms with Gasteiger partial charge in [-0.3, -0.25) is 8.71 Å². The Labute approximate surface area is 148 Å². The van der Waals surface area contributed by atoms with Gasteiger partial charge in [-0.05, 0) is 24.3 Å². The number of hydrogen-bond donors (Lipinski definition) is 0. The van der Waals surface area contributed by atoms with Crippen LogP contribution in [0.2, 0.25) is 0 Å². The molecule has 0 atom stereocenters. The quantitative estimate of drug-likeness (QED) is 0.636. The Morgan fingerprint density at radius 2 is 2.00 bits per heavy atom. The Bertz CT molecular complexity index is 1120. The Morgan fingerprint density at radius 3 is 2.65 bits per heavy atom. The van der Waals surface area contributed by atoms with Crippen molar-refractivity contribution in [2.24, 2.45) is 0 Å². The number of nitriles is 1. The number of sulfonamides is 1. The summed E-state index contributed by atoms with van der Waals surface area (Å²) >= 11 is 0. The van der Waals surface area contributed by atoms with Crippen LogP contribution in [0.4, 0.5) is 14.5 Å². The van der Waals surface area contributed by atoms with Crippen molar-refractivity contribution in [3.05, 3.63) is 54.0 Å². The molecule has 0 aliphatic heterocycles. The lowest BCUT2D eigenvalue weighted by Crippen LogP contribution is -2.32. The topological polar surface area (TPSA) is 91.4 Å². The number of anilines is 1. The smallest absolute Gasteiger partial charge is 0.269 e. The van der Waals surface area contributed by atoms with Crippen LogP contribution < -0.4 is 4.31 Å². The van der Waals surface area contributed by atoms with E-state index in [1.54, 1.807) is 12.3 Å². The average Bonchev–Trinajstić information content (AvgIpc) is 3.05. The first-order chi connectivity index (χ1) is 12.4.